The fourth-order valence-electron chi connectivity index (χ4n) is 2.34. The second-order valence-corrected chi connectivity index (χ2v) is 4.99. The van der Waals surface area contributed by atoms with Gasteiger partial charge in [0.25, 0.3) is 0 Å². The van der Waals surface area contributed by atoms with E-state index in [2.05, 4.69) is 0 Å². The summed E-state index contributed by atoms with van der Waals surface area (Å²) in [6.45, 7) is 0.552. The lowest BCUT2D eigenvalue weighted by molar-refractivity contribution is -0.181. The average Bonchev–Trinajstić information content (AvgIpc) is 3.00. The molecule has 1 aliphatic heterocycles. The third-order valence-corrected chi connectivity index (χ3v) is 3.62. The standard InChI is InChI=1S/C11H17F3N2O/c12-11(13,14)8-3-5-16(6-4-9(8)15)10(17)7-1-2-7/h7-9H,1-6,15H2. The SMILES string of the molecule is NC1CCN(C(=O)C2CC2)CCC1C(F)(F)F. The second-order valence-electron chi connectivity index (χ2n) is 4.99. The molecule has 0 radical (unpaired) electrons. The zero-order valence-corrected chi connectivity index (χ0v) is 9.54. The van der Waals surface area contributed by atoms with E-state index in [4.69, 9.17) is 5.73 Å². The summed E-state index contributed by atoms with van der Waals surface area (Å²) in [7, 11) is 0. The quantitative estimate of drug-likeness (QED) is 0.767. The molecule has 2 rings (SSSR count). The van der Waals surface area contributed by atoms with Crippen LogP contribution in [0.2, 0.25) is 0 Å². The summed E-state index contributed by atoms with van der Waals surface area (Å²) in [5, 5.41) is 0. The number of nitrogens with zero attached hydrogens (tertiary/aromatic N) is 1. The minimum atomic E-state index is -4.25. The van der Waals surface area contributed by atoms with Gasteiger partial charge in [-0.15, -0.1) is 0 Å². The van der Waals surface area contributed by atoms with Crippen LogP contribution in [0.5, 0.6) is 0 Å². The normalized spacial score (nSPS) is 31.2. The van der Waals surface area contributed by atoms with Crippen molar-refractivity contribution in [2.24, 2.45) is 17.6 Å². The average molecular weight is 250 g/mol. The summed E-state index contributed by atoms with van der Waals surface area (Å²) in [5.41, 5.74) is 5.56. The Kier molecular flexibility index (Phi) is 3.34. The van der Waals surface area contributed by atoms with E-state index < -0.39 is 18.1 Å². The molecule has 1 heterocycles. The summed E-state index contributed by atoms with van der Waals surface area (Å²) < 4.78 is 38.1. The van der Waals surface area contributed by atoms with Gasteiger partial charge in [0, 0.05) is 25.0 Å². The Morgan fingerprint density at radius 2 is 1.71 bits per heavy atom. The van der Waals surface area contributed by atoms with Gasteiger partial charge in [0.1, 0.15) is 0 Å². The number of hydrogen-bond acceptors (Lipinski definition) is 2. The van der Waals surface area contributed by atoms with E-state index in [0.717, 1.165) is 12.8 Å². The Balaban J connectivity index is 1.98. The van der Waals surface area contributed by atoms with Crippen LogP contribution in [0.1, 0.15) is 25.7 Å². The summed E-state index contributed by atoms with van der Waals surface area (Å²) in [6, 6.07) is -0.882. The number of carbonyl (C=O) groups is 1. The first-order chi connectivity index (χ1) is 7.89. The number of likely N-dealkylation sites (tertiary alicyclic amines) is 1. The van der Waals surface area contributed by atoms with Crippen molar-refractivity contribution in [1.82, 2.24) is 4.90 Å². The highest BCUT2D eigenvalue weighted by Gasteiger charge is 2.45. The first kappa shape index (κ1) is 12.7. The highest BCUT2D eigenvalue weighted by atomic mass is 19.4. The lowest BCUT2D eigenvalue weighted by Crippen LogP contribution is -2.39. The molecule has 1 amide bonds. The molecule has 0 aromatic heterocycles. The van der Waals surface area contributed by atoms with Crippen molar-refractivity contribution in [3.8, 4) is 0 Å². The minimum Gasteiger partial charge on any atom is -0.342 e. The van der Waals surface area contributed by atoms with Crippen LogP contribution in [0.25, 0.3) is 0 Å². The van der Waals surface area contributed by atoms with E-state index in [-0.39, 0.29) is 31.2 Å². The molecule has 0 aromatic carbocycles. The first-order valence-corrected chi connectivity index (χ1v) is 6.00. The molecule has 1 saturated heterocycles. The van der Waals surface area contributed by atoms with Gasteiger partial charge in [-0.05, 0) is 25.7 Å². The molecule has 1 saturated carbocycles. The van der Waals surface area contributed by atoms with Gasteiger partial charge in [0.15, 0.2) is 0 Å². The predicted octanol–water partition coefficient (Wildman–Crippen LogP) is 1.52. The van der Waals surface area contributed by atoms with Gasteiger partial charge < -0.3 is 10.6 Å². The number of carbonyl (C=O) groups excluding carboxylic acids is 1. The summed E-state index contributed by atoms with van der Waals surface area (Å²) in [6.07, 6.45) is -2.32. The van der Waals surface area contributed by atoms with Gasteiger partial charge in [-0.1, -0.05) is 0 Å². The van der Waals surface area contributed by atoms with Crippen LogP contribution < -0.4 is 5.73 Å². The van der Waals surface area contributed by atoms with Crippen molar-refractivity contribution in [2.75, 3.05) is 13.1 Å². The zero-order chi connectivity index (χ0) is 12.6. The molecule has 6 heteroatoms. The fourth-order valence-corrected chi connectivity index (χ4v) is 2.34. The maximum absolute atomic E-state index is 12.7. The number of rotatable bonds is 1. The van der Waals surface area contributed by atoms with Gasteiger partial charge in [-0.2, -0.15) is 13.2 Å². The molecule has 3 nitrogen and oxygen atoms in total. The summed E-state index contributed by atoms with van der Waals surface area (Å²) in [4.78, 5) is 13.3. The number of amides is 1. The molecule has 17 heavy (non-hydrogen) atoms. The lowest BCUT2D eigenvalue weighted by atomic mass is 9.95. The van der Waals surface area contributed by atoms with Crippen molar-refractivity contribution in [1.29, 1.82) is 0 Å². The van der Waals surface area contributed by atoms with E-state index in [1.165, 1.54) is 0 Å². The molecule has 2 atom stereocenters. The van der Waals surface area contributed by atoms with Gasteiger partial charge in [0.2, 0.25) is 5.91 Å². The van der Waals surface area contributed by atoms with Gasteiger partial charge in [-0.25, -0.2) is 0 Å². The Morgan fingerprint density at radius 3 is 2.24 bits per heavy atom. The van der Waals surface area contributed by atoms with E-state index >= 15 is 0 Å². The minimum absolute atomic E-state index is 0.0139. The number of alkyl halides is 3. The van der Waals surface area contributed by atoms with Crippen molar-refractivity contribution in [2.45, 2.75) is 37.9 Å². The van der Waals surface area contributed by atoms with E-state index in [0.29, 0.717) is 6.54 Å². The maximum atomic E-state index is 12.7. The molecule has 0 aromatic rings. The predicted molar refractivity (Wildman–Crippen MR) is 56.1 cm³/mol. The third-order valence-electron chi connectivity index (χ3n) is 3.62. The molecule has 2 N–H and O–H groups in total. The van der Waals surface area contributed by atoms with Crippen LogP contribution in [-0.2, 0) is 4.79 Å². The topological polar surface area (TPSA) is 46.3 Å². The lowest BCUT2D eigenvalue weighted by Gasteiger charge is -2.23. The van der Waals surface area contributed by atoms with Crippen molar-refractivity contribution < 1.29 is 18.0 Å². The molecule has 0 spiro atoms. The smallest absolute Gasteiger partial charge is 0.342 e. The van der Waals surface area contributed by atoms with Crippen molar-refractivity contribution >= 4 is 5.91 Å². The van der Waals surface area contributed by atoms with Crippen LogP contribution >= 0.6 is 0 Å². The Morgan fingerprint density at radius 1 is 1.12 bits per heavy atom. The fraction of sp³-hybridized carbons (Fsp3) is 0.909. The number of hydrogen-bond donors (Lipinski definition) is 1. The summed E-state index contributed by atoms with van der Waals surface area (Å²) in [5.74, 6) is -1.40. The molecule has 2 unspecified atom stereocenters. The third kappa shape index (κ3) is 2.91. The van der Waals surface area contributed by atoms with Gasteiger partial charge in [-0.3, -0.25) is 4.79 Å². The van der Waals surface area contributed by atoms with E-state index in [1.807, 2.05) is 0 Å². The van der Waals surface area contributed by atoms with Crippen LogP contribution in [0.4, 0.5) is 13.2 Å². The van der Waals surface area contributed by atoms with E-state index in [9.17, 15) is 18.0 Å². The van der Waals surface area contributed by atoms with Crippen LogP contribution in [0, 0.1) is 11.8 Å². The molecular weight excluding hydrogens is 233 g/mol. The number of halogens is 3. The zero-order valence-electron chi connectivity index (χ0n) is 9.54. The molecule has 2 aliphatic rings. The van der Waals surface area contributed by atoms with Gasteiger partial charge in [0.05, 0.1) is 5.92 Å². The van der Waals surface area contributed by atoms with Gasteiger partial charge >= 0.3 is 6.18 Å². The van der Waals surface area contributed by atoms with Crippen LogP contribution in [0.3, 0.4) is 0 Å². The molecule has 1 aliphatic carbocycles. The monoisotopic (exact) mass is 250 g/mol. The Hall–Kier alpha value is -0.780. The molecule has 2 fully saturated rings. The molecule has 98 valence electrons. The first-order valence-electron chi connectivity index (χ1n) is 6.00. The Bertz CT molecular complexity index is 302. The second kappa shape index (κ2) is 4.48. The largest absolute Gasteiger partial charge is 0.393 e. The highest BCUT2D eigenvalue weighted by Crippen LogP contribution is 2.36. The Labute approximate surface area is 98.1 Å². The van der Waals surface area contributed by atoms with Crippen molar-refractivity contribution in [3.63, 3.8) is 0 Å². The van der Waals surface area contributed by atoms with Crippen LogP contribution in [-0.4, -0.2) is 36.1 Å². The van der Waals surface area contributed by atoms with Crippen molar-refractivity contribution in [3.05, 3.63) is 0 Å². The molecule has 0 bridgehead atoms. The summed E-state index contributed by atoms with van der Waals surface area (Å²) >= 11 is 0. The van der Waals surface area contributed by atoms with Crippen LogP contribution in [0.15, 0.2) is 0 Å². The van der Waals surface area contributed by atoms with E-state index in [1.54, 1.807) is 4.90 Å². The maximum Gasteiger partial charge on any atom is 0.393 e. The number of nitrogens with two attached hydrogens (primary N) is 1. The molecular formula is C11H17F3N2O. The highest BCUT2D eigenvalue weighted by molar-refractivity contribution is 5.81.